The Balaban J connectivity index is 0.00000420. The minimum absolute atomic E-state index is 0. The molecule has 0 saturated heterocycles. The molecule has 8 nitrogen and oxygen atoms in total. The number of aliphatic imine (C=N–C) groups is 1. The number of hydrogen-bond donors (Lipinski definition) is 3. The van der Waals surface area contributed by atoms with E-state index in [4.69, 9.17) is 0 Å². The van der Waals surface area contributed by atoms with Crippen LogP contribution in [0.1, 0.15) is 58.4 Å². The van der Waals surface area contributed by atoms with Crippen molar-refractivity contribution in [3.05, 3.63) is 39.9 Å². The number of amides is 1. The van der Waals surface area contributed by atoms with E-state index < -0.39 is 4.92 Å². The van der Waals surface area contributed by atoms with E-state index in [9.17, 15) is 14.9 Å². The molecule has 0 atom stereocenters. The Hall–Kier alpha value is -1.91. The molecule has 0 heterocycles. The van der Waals surface area contributed by atoms with Crippen LogP contribution in [-0.4, -0.2) is 34.9 Å². The quantitative estimate of drug-likeness (QED) is 0.176. The van der Waals surface area contributed by atoms with Crippen LogP contribution in [0.5, 0.6) is 0 Å². The van der Waals surface area contributed by atoms with Gasteiger partial charge in [0.25, 0.3) is 5.69 Å². The first-order valence-electron chi connectivity index (χ1n) is 9.82. The van der Waals surface area contributed by atoms with Crippen molar-refractivity contribution in [1.29, 1.82) is 0 Å². The highest BCUT2D eigenvalue weighted by atomic mass is 127. The van der Waals surface area contributed by atoms with Crippen LogP contribution in [0.4, 0.5) is 5.69 Å². The van der Waals surface area contributed by atoms with Crippen molar-refractivity contribution in [2.75, 3.05) is 6.54 Å². The Bertz CT molecular complexity index is 695. The molecule has 2 rings (SSSR count). The second-order valence-electron chi connectivity index (χ2n) is 8.22. The molecule has 1 aliphatic carbocycles. The summed E-state index contributed by atoms with van der Waals surface area (Å²) in [6, 6.07) is 6.70. The van der Waals surface area contributed by atoms with Crippen molar-refractivity contribution < 1.29 is 9.72 Å². The number of carbonyl (C=O) groups excluding carboxylic acids is 1. The summed E-state index contributed by atoms with van der Waals surface area (Å²) in [6.07, 6.45) is 5.82. The summed E-state index contributed by atoms with van der Waals surface area (Å²) in [4.78, 5) is 27.0. The molecule has 1 saturated carbocycles. The summed E-state index contributed by atoms with van der Waals surface area (Å²) in [7, 11) is 0. The highest BCUT2D eigenvalue weighted by molar-refractivity contribution is 14.0. The van der Waals surface area contributed by atoms with Gasteiger partial charge in [0, 0.05) is 23.7 Å². The second-order valence-corrected chi connectivity index (χ2v) is 8.22. The second kappa shape index (κ2) is 11.9. The van der Waals surface area contributed by atoms with Gasteiger partial charge in [-0.15, -0.1) is 24.0 Å². The van der Waals surface area contributed by atoms with Gasteiger partial charge in [-0.25, -0.2) is 4.99 Å². The maximum atomic E-state index is 12.1. The largest absolute Gasteiger partial charge is 0.354 e. The third-order valence-electron chi connectivity index (χ3n) is 4.44. The molecule has 0 bridgehead atoms. The lowest BCUT2D eigenvalue weighted by Gasteiger charge is -2.25. The number of nitrogens with one attached hydrogen (secondary N) is 3. The standard InChI is InChI=1S/C20H31N5O3.HI/c1-20(2,3)24-18(26)14-22-19(23-16-7-5-4-6-8-16)21-13-15-9-11-17(12-10-15)25(27)28;/h9-12,16H,4-8,13-14H2,1-3H3,(H,24,26)(H2,21,22,23);1H. The van der Waals surface area contributed by atoms with Gasteiger partial charge in [-0.2, -0.15) is 0 Å². The van der Waals surface area contributed by atoms with Crippen LogP contribution in [-0.2, 0) is 11.3 Å². The molecular weight excluding hydrogens is 485 g/mol. The van der Waals surface area contributed by atoms with E-state index in [1.54, 1.807) is 12.1 Å². The molecule has 1 aliphatic rings. The lowest BCUT2D eigenvalue weighted by Crippen LogP contribution is -2.50. The normalized spacial score (nSPS) is 15.2. The van der Waals surface area contributed by atoms with E-state index in [0.717, 1.165) is 18.4 Å². The van der Waals surface area contributed by atoms with Crippen molar-refractivity contribution in [1.82, 2.24) is 16.0 Å². The van der Waals surface area contributed by atoms with Crippen LogP contribution in [0.2, 0.25) is 0 Å². The van der Waals surface area contributed by atoms with E-state index in [1.165, 1.54) is 31.4 Å². The number of non-ortho nitro benzene ring substituents is 1. The average Bonchev–Trinajstić information content (AvgIpc) is 2.63. The van der Waals surface area contributed by atoms with E-state index >= 15 is 0 Å². The highest BCUT2D eigenvalue weighted by Gasteiger charge is 2.17. The number of nitro benzene ring substituents is 1. The van der Waals surface area contributed by atoms with Crippen molar-refractivity contribution in [3.8, 4) is 0 Å². The first-order chi connectivity index (χ1) is 13.2. The summed E-state index contributed by atoms with van der Waals surface area (Å²) in [5.74, 6) is 0.496. The van der Waals surface area contributed by atoms with Crippen molar-refractivity contribution >= 4 is 41.5 Å². The fraction of sp³-hybridized carbons (Fsp3) is 0.600. The maximum absolute atomic E-state index is 12.1. The number of nitrogens with zero attached hydrogens (tertiary/aromatic N) is 2. The zero-order valence-corrected chi connectivity index (χ0v) is 19.7. The Morgan fingerprint density at radius 2 is 1.79 bits per heavy atom. The number of halogens is 1. The lowest BCUT2D eigenvalue weighted by atomic mass is 9.96. The van der Waals surface area contributed by atoms with Crippen LogP contribution in [0.15, 0.2) is 29.3 Å². The molecular formula is C20H32IN5O3. The van der Waals surface area contributed by atoms with Crippen LogP contribution < -0.4 is 16.0 Å². The first kappa shape index (κ1) is 25.1. The van der Waals surface area contributed by atoms with Crippen molar-refractivity contribution in [2.45, 2.75) is 71.0 Å². The van der Waals surface area contributed by atoms with Gasteiger partial charge in [-0.3, -0.25) is 14.9 Å². The third kappa shape index (κ3) is 9.91. The topological polar surface area (TPSA) is 109 Å². The Labute approximate surface area is 189 Å². The monoisotopic (exact) mass is 517 g/mol. The summed E-state index contributed by atoms with van der Waals surface area (Å²) in [6.45, 7) is 6.33. The van der Waals surface area contributed by atoms with Crippen LogP contribution >= 0.6 is 24.0 Å². The summed E-state index contributed by atoms with van der Waals surface area (Å²) >= 11 is 0. The number of rotatable bonds is 6. The summed E-state index contributed by atoms with van der Waals surface area (Å²) in [5, 5.41) is 20.2. The third-order valence-corrected chi connectivity index (χ3v) is 4.44. The SMILES string of the molecule is CC(C)(C)NC(=O)CNC(=NCc1ccc([N+](=O)[O-])cc1)NC1CCCCC1.I. The van der Waals surface area contributed by atoms with Crippen LogP contribution in [0.3, 0.4) is 0 Å². The van der Waals surface area contributed by atoms with Gasteiger partial charge in [0.15, 0.2) is 5.96 Å². The molecule has 29 heavy (non-hydrogen) atoms. The van der Waals surface area contributed by atoms with Crippen molar-refractivity contribution in [3.63, 3.8) is 0 Å². The molecule has 1 amide bonds. The molecule has 1 fully saturated rings. The fourth-order valence-electron chi connectivity index (χ4n) is 3.11. The van der Waals surface area contributed by atoms with E-state index in [2.05, 4.69) is 20.9 Å². The van der Waals surface area contributed by atoms with Gasteiger partial charge in [-0.1, -0.05) is 31.4 Å². The smallest absolute Gasteiger partial charge is 0.269 e. The number of nitro groups is 1. The van der Waals surface area contributed by atoms with Gasteiger partial charge in [-0.05, 0) is 39.2 Å². The van der Waals surface area contributed by atoms with E-state index in [0.29, 0.717) is 18.5 Å². The van der Waals surface area contributed by atoms with Gasteiger partial charge >= 0.3 is 0 Å². The highest BCUT2D eigenvalue weighted by Crippen LogP contribution is 2.17. The fourth-order valence-corrected chi connectivity index (χ4v) is 3.11. The van der Waals surface area contributed by atoms with Gasteiger partial charge in [0.2, 0.25) is 5.91 Å². The number of benzene rings is 1. The molecule has 0 radical (unpaired) electrons. The lowest BCUT2D eigenvalue weighted by molar-refractivity contribution is -0.384. The minimum atomic E-state index is -0.418. The maximum Gasteiger partial charge on any atom is 0.269 e. The molecule has 9 heteroatoms. The summed E-state index contributed by atoms with van der Waals surface area (Å²) < 4.78 is 0. The van der Waals surface area contributed by atoms with Gasteiger partial charge < -0.3 is 16.0 Å². The number of hydrogen-bond acceptors (Lipinski definition) is 4. The molecule has 0 spiro atoms. The predicted molar refractivity (Wildman–Crippen MR) is 126 cm³/mol. The molecule has 1 aromatic rings. The van der Waals surface area contributed by atoms with Crippen LogP contribution in [0, 0.1) is 10.1 Å². The number of carbonyl (C=O) groups is 1. The Morgan fingerprint density at radius 1 is 1.17 bits per heavy atom. The zero-order valence-electron chi connectivity index (χ0n) is 17.4. The van der Waals surface area contributed by atoms with E-state index in [-0.39, 0.29) is 47.7 Å². The van der Waals surface area contributed by atoms with Gasteiger partial charge in [0.05, 0.1) is 18.0 Å². The molecule has 1 aromatic carbocycles. The van der Waals surface area contributed by atoms with Gasteiger partial charge in [0.1, 0.15) is 0 Å². The Morgan fingerprint density at radius 3 is 2.34 bits per heavy atom. The predicted octanol–water partition coefficient (Wildman–Crippen LogP) is 3.50. The molecule has 162 valence electrons. The minimum Gasteiger partial charge on any atom is -0.354 e. The van der Waals surface area contributed by atoms with E-state index in [1.807, 2.05) is 20.8 Å². The van der Waals surface area contributed by atoms with Crippen molar-refractivity contribution in [2.24, 2.45) is 4.99 Å². The number of guanidine groups is 1. The molecule has 0 aromatic heterocycles. The molecule has 0 unspecified atom stereocenters. The zero-order chi connectivity index (χ0) is 20.6. The van der Waals surface area contributed by atoms with Crippen LogP contribution in [0.25, 0.3) is 0 Å². The average molecular weight is 517 g/mol. The summed E-state index contributed by atoms with van der Waals surface area (Å²) in [5.41, 5.74) is 0.644. The molecule has 3 N–H and O–H groups in total. The first-order valence-corrected chi connectivity index (χ1v) is 9.82. The molecule has 0 aliphatic heterocycles. The Kier molecular flexibility index (Phi) is 10.3.